The zero-order valence-corrected chi connectivity index (χ0v) is 14.0. The Labute approximate surface area is 144 Å². The molecule has 0 aromatic heterocycles. The van der Waals surface area contributed by atoms with E-state index < -0.39 is 30.2 Å². The number of ketones is 1. The molecule has 0 N–H and O–H groups in total. The van der Waals surface area contributed by atoms with Crippen molar-refractivity contribution in [2.45, 2.75) is 51.2 Å². The number of rotatable bonds is 8. The second-order valence-electron chi connectivity index (χ2n) is 7.60. The van der Waals surface area contributed by atoms with E-state index in [9.17, 15) is 23.2 Å². The molecule has 4 rings (SSSR count). The van der Waals surface area contributed by atoms with Crippen molar-refractivity contribution >= 4 is 18.2 Å². The van der Waals surface area contributed by atoms with Gasteiger partial charge in [-0.25, -0.2) is 0 Å². The first-order chi connectivity index (χ1) is 11.7. The molecule has 25 heavy (non-hydrogen) atoms. The van der Waals surface area contributed by atoms with Crippen LogP contribution in [0.5, 0.6) is 0 Å². The van der Waals surface area contributed by atoms with Crippen molar-refractivity contribution in [2.75, 3.05) is 13.2 Å². The smallest absolute Gasteiger partial charge is 0.353 e. The molecule has 0 spiro atoms. The van der Waals surface area contributed by atoms with Crippen LogP contribution in [-0.4, -0.2) is 43.7 Å². The number of halogens is 2. The molecular formula is C17H22F2O6. The lowest BCUT2D eigenvalue weighted by atomic mass is 9.49. The zero-order valence-electron chi connectivity index (χ0n) is 14.0. The first kappa shape index (κ1) is 18.2. The average Bonchev–Trinajstić information content (AvgIpc) is 2.53. The molecular weight excluding hydrogens is 338 g/mol. The quantitative estimate of drug-likeness (QED) is 0.487. The van der Waals surface area contributed by atoms with Crippen LogP contribution in [0.3, 0.4) is 0 Å². The minimum absolute atomic E-state index is 0.0975. The standard InChI is InChI=1S/C17H22F2O6/c1-16(18,19)24-8-13(7-23-9-20)25-15(22)17-4-10-2-11(5-17)14(21)12(3-10)6-17/h9-13H,2-8H2,1H3. The molecule has 0 radical (unpaired) electrons. The van der Waals surface area contributed by atoms with E-state index in [2.05, 4.69) is 9.47 Å². The Morgan fingerprint density at radius 1 is 1.28 bits per heavy atom. The van der Waals surface area contributed by atoms with E-state index in [0.717, 1.165) is 12.8 Å². The van der Waals surface area contributed by atoms with E-state index in [4.69, 9.17) is 4.74 Å². The maximum absolute atomic E-state index is 12.9. The summed E-state index contributed by atoms with van der Waals surface area (Å²) in [6, 6.07) is 0. The average molecular weight is 360 g/mol. The Bertz CT molecular complexity index is 540. The van der Waals surface area contributed by atoms with Gasteiger partial charge in [-0.3, -0.25) is 14.4 Å². The van der Waals surface area contributed by atoms with Gasteiger partial charge in [-0.1, -0.05) is 0 Å². The molecule has 140 valence electrons. The third kappa shape index (κ3) is 3.83. The fraction of sp³-hybridized carbons (Fsp3) is 0.824. The summed E-state index contributed by atoms with van der Waals surface area (Å²) in [5.74, 6) is -0.112. The molecule has 0 amide bonds. The third-order valence-corrected chi connectivity index (χ3v) is 5.57. The normalized spacial score (nSPS) is 34.7. The highest BCUT2D eigenvalue weighted by atomic mass is 19.3. The fourth-order valence-corrected chi connectivity index (χ4v) is 4.78. The van der Waals surface area contributed by atoms with E-state index in [1.165, 1.54) is 0 Å². The van der Waals surface area contributed by atoms with Gasteiger partial charge in [0.2, 0.25) is 0 Å². The van der Waals surface area contributed by atoms with Gasteiger partial charge in [0, 0.05) is 18.8 Å². The number of carbonyl (C=O) groups excluding carboxylic acids is 3. The maximum Gasteiger partial charge on any atom is 0.353 e. The summed E-state index contributed by atoms with van der Waals surface area (Å²) >= 11 is 0. The highest BCUT2D eigenvalue weighted by Gasteiger charge is 2.59. The van der Waals surface area contributed by atoms with Crippen molar-refractivity contribution in [3.8, 4) is 0 Å². The SMILES string of the molecule is CC(F)(F)OCC(COC=O)OC(=O)C12CC3CC(C1)C(=O)C(C3)C2. The fourth-order valence-electron chi connectivity index (χ4n) is 4.78. The molecule has 0 aromatic carbocycles. The number of esters is 1. The number of ether oxygens (including phenoxy) is 3. The molecule has 8 heteroatoms. The van der Waals surface area contributed by atoms with E-state index in [1.807, 2.05) is 0 Å². The van der Waals surface area contributed by atoms with Crippen LogP contribution in [0.2, 0.25) is 0 Å². The van der Waals surface area contributed by atoms with Crippen LogP contribution < -0.4 is 0 Å². The molecule has 4 aliphatic carbocycles. The van der Waals surface area contributed by atoms with E-state index in [1.54, 1.807) is 0 Å². The highest BCUT2D eigenvalue weighted by molar-refractivity contribution is 5.89. The van der Waals surface area contributed by atoms with Crippen LogP contribution in [0.4, 0.5) is 8.78 Å². The molecule has 0 heterocycles. The molecule has 0 saturated heterocycles. The first-order valence-corrected chi connectivity index (χ1v) is 8.54. The van der Waals surface area contributed by atoms with Crippen molar-refractivity contribution in [3.05, 3.63) is 0 Å². The van der Waals surface area contributed by atoms with Crippen molar-refractivity contribution in [3.63, 3.8) is 0 Å². The van der Waals surface area contributed by atoms with Crippen molar-refractivity contribution in [2.24, 2.45) is 23.2 Å². The number of hydrogen-bond donors (Lipinski definition) is 0. The Morgan fingerprint density at radius 3 is 2.48 bits per heavy atom. The molecule has 4 aliphatic rings. The van der Waals surface area contributed by atoms with E-state index in [0.29, 0.717) is 32.1 Å². The molecule has 3 atom stereocenters. The van der Waals surface area contributed by atoms with Gasteiger partial charge in [-0.05, 0) is 38.0 Å². The number of Topliss-reactive ketones (excluding diaryl/α,β-unsaturated/α-hetero) is 1. The van der Waals surface area contributed by atoms with Gasteiger partial charge in [0.1, 0.15) is 12.4 Å². The predicted molar refractivity (Wildman–Crippen MR) is 79.5 cm³/mol. The Morgan fingerprint density at radius 2 is 1.92 bits per heavy atom. The van der Waals surface area contributed by atoms with Gasteiger partial charge in [-0.15, -0.1) is 0 Å². The summed E-state index contributed by atoms with van der Waals surface area (Å²) in [5, 5.41) is 0. The second kappa shape index (κ2) is 6.63. The zero-order chi connectivity index (χ0) is 18.2. The molecule has 4 saturated carbocycles. The van der Waals surface area contributed by atoms with Gasteiger partial charge < -0.3 is 14.2 Å². The van der Waals surface area contributed by atoms with Crippen LogP contribution in [0.25, 0.3) is 0 Å². The van der Waals surface area contributed by atoms with Crippen molar-refractivity contribution < 1.29 is 37.4 Å². The molecule has 3 unspecified atom stereocenters. The molecule has 0 aromatic rings. The lowest BCUT2D eigenvalue weighted by Crippen LogP contribution is -2.55. The van der Waals surface area contributed by atoms with Gasteiger partial charge in [-0.2, -0.15) is 8.78 Å². The van der Waals surface area contributed by atoms with Gasteiger partial charge >= 0.3 is 12.1 Å². The number of hydrogen-bond acceptors (Lipinski definition) is 6. The van der Waals surface area contributed by atoms with Crippen LogP contribution in [-0.2, 0) is 28.6 Å². The summed E-state index contributed by atoms with van der Waals surface area (Å²) in [5.41, 5.74) is -0.724. The van der Waals surface area contributed by atoms with E-state index >= 15 is 0 Å². The summed E-state index contributed by atoms with van der Waals surface area (Å²) in [7, 11) is 0. The second-order valence-corrected chi connectivity index (χ2v) is 7.60. The van der Waals surface area contributed by atoms with Gasteiger partial charge in [0.05, 0.1) is 12.0 Å². The minimum atomic E-state index is -3.38. The third-order valence-electron chi connectivity index (χ3n) is 5.57. The van der Waals surface area contributed by atoms with Gasteiger partial charge in [0.25, 0.3) is 6.47 Å². The van der Waals surface area contributed by atoms with Crippen LogP contribution >= 0.6 is 0 Å². The summed E-state index contributed by atoms with van der Waals surface area (Å²) in [4.78, 5) is 35.3. The molecule has 6 nitrogen and oxygen atoms in total. The molecule has 4 bridgehead atoms. The summed E-state index contributed by atoms with van der Waals surface area (Å²) < 4.78 is 40.1. The van der Waals surface area contributed by atoms with Crippen LogP contribution in [0.1, 0.15) is 39.0 Å². The van der Waals surface area contributed by atoms with Crippen molar-refractivity contribution in [1.82, 2.24) is 0 Å². The lowest BCUT2D eigenvalue weighted by Gasteiger charge is -2.54. The predicted octanol–water partition coefficient (Wildman–Crippen LogP) is 2.10. The molecule has 4 fully saturated rings. The molecule has 0 aliphatic heterocycles. The van der Waals surface area contributed by atoms with Crippen LogP contribution in [0.15, 0.2) is 0 Å². The largest absolute Gasteiger partial charge is 0.464 e. The van der Waals surface area contributed by atoms with Gasteiger partial charge in [0.15, 0.2) is 6.10 Å². The Balaban J connectivity index is 1.66. The summed E-state index contributed by atoms with van der Waals surface area (Å²) in [6.07, 6.45) is -1.24. The maximum atomic E-state index is 12.9. The number of carbonyl (C=O) groups is 3. The first-order valence-electron chi connectivity index (χ1n) is 8.54. The monoisotopic (exact) mass is 360 g/mol. The Hall–Kier alpha value is -1.57. The topological polar surface area (TPSA) is 78.9 Å². The number of alkyl halides is 2. The summed E-state index contributed by atoms with van der Waals surface area (Å²) in [6.45, 7) is -0.184. The highest BCUT2D eigenvalue weighted by Crippen LogP contribution is 2.59. The Kier molecular flexibility index (Phi) is 4.83. The van der Waals surface area contributed by atoms with Crippen molar-refractivity contribution in [1.29, 1.82) is 0 Å². The van der Waals surface area contributed by atoms with Crippen LogP contribution in [0, 0.1) is 23.2 Å². The lowest BCUT2D eigenvalue weighted by molar-refractivity contribution is -0.242. The van der Waals surface area contributed by atoms with E-state index in [-0.39, 0.29) is 30.7 Å². The minimum Gasteiger partial charge on any atom is -0.464 e.